The van der Waals surface area contributed by atoms with Gasteiger partial charge < -0.3 is 15.0 Å². The van der Waals surface area contributed by atoms with Gasteiger partial charge in [0.15, 0.2) is 0 Å². The van der Waals surface area contributed by atoms with E-state index < -0.39 is 0 Å². The second-order valence-corrected chi connectivity index (χ2v) is 8.08. The number of piperidine rings is 1. The second-order valence-electron chi connectivity index (χ2n) is 7.30. The highest BCUT2D eigenvalue weighted by atomic mass is 35.5. The molecule has 0 aromatic carbocycles. The first-order chi connectivity index (χ1) is 11.7. The Morgan fingerprint density at radius 3 is 2.88 bits per heavy atom. The van der Waals surface area contributed by atoms with E-state index in [1.807, 2.05) is 6.92 Å². The summed E-state index contributed by atoms with van der Waals surface area (Å²) in [6.07, 6.45) is 5.31. The fraction of sp³-hybridized carbons (Fsp3) is 0.737. The van der Waals surface area contributed by atoms with Crippen molar-refractivity contribution in [1.82, 2.24) is 10.2 Å². The Morgan fingerprint density at radius 1 is 1.48 bits per heavy atom. The van der Waals surface area contributed by atoms with Crippen molar-refractivity contribution in [3.8, 4) is 0 Å². The number of unbranched alkanes of at least 4 members (excludes halogenated alkanes) is 1. The fourth-order valence-corrected chi connectivity index (χ4v) is 4.52. The third-order valence-electron chi connectivity index (χ3n) is 5.55. The molecule has 142 valence electrons. The monoisotopic (exact) mass is 386 g/mol. The molecule has 2 aliphatic rings. The number of carbonyl (C=O) groups excluding carboxylic acids is 1. The minimum Gasteiger partial charge on any atom is -0.369 e. The van der Waals surface area contributed by atoms with E-state index >= 15 is 0 Å². The number of carbonyl (C=O) groups is 1. The summed E-state index contributed by atoms with van der Waals surface area (Å²) in [5.74, 6) is 0.165. The molecular formula is C19H31ClN2O2S. The Kier molecular flexibility index (Phi) is 7.74. The van der Waals surface area contributed by atoms with Crippen molar-refractivity contribution in [3.63, 3.8) is 0 Å². The molecule has 2 fully saturated rings. The van der Waals surface area contributed by atoms with Gasteiger partial charge in [-0.05, 0) is 73.5 Å². The molecule has 2 unspecified atom stereocenters. The lowest BCUT2D eigenvalue weighted by molar-refractivity contribution is -0.144. The molecule has 0 bridgehead atoms. The third-order valence-corrected chi connectivity index (χ3v) is 6.28. The van der Waals surface area contributed by atoms with Crippen molar-refractivity contribution in [2.75, 3.05) is 19.7 Å². The van der Waals surface area contributed by atoms with Crippen LogP contribution in [0.15, 0.2) is 16.8 Å². The largest absolute Gasteiger partial charge is 0.369 e. The van der Waals surface area contributed by atoms with E-state index in [4.69, 9.17) is 4.74 Å². The van der Waals surface area contributed by atoms with Crippen molar-refractivity contribution < 1.29 is 9.53 Å². The summed E-state index contributed by atoms with van der Waals surface area (Å²) >= 11 is 1.70. The molecule has 1 aromatic rings. The van der Waals surface area contributed by atoms with Crippen molar-refractivity contribution in [2.45, 2.75) is 64.6 Å². The summed E-state index contributed by atoms with van der Waals surface area (Å²) in [6, 6.07) is 2.52. The average Bonchev–Trinajstić information content (AvgIpc) is 3.03. The molecule has 1 amide bonds. The molecule has 2 heterocycles. The lowest BCUT2D eigenvalue weighted by Crippen LogP contribution is -2.43. The van der Waals surface area contributed by atoms with E-state index in [2.05, 4.69) is 34.0 Å². The molecule has 1 saturated heterocycles. The first-order valence-corrected chi connectivity index (χ1v) is 10.2. The van der Waals surface area contributed by atoms with Gasteiger partial charge in [-0.2, -0.15) is 11.3 Å². The first kappa shape index (κ1) is 20.7. The molecule has 3 rings (SSSR count). The summed E-state index contributed by atoms with van der Waals surface area (Å²) in [5, 5.41) is 7.69. The van der Waals surface area contributed by atoms with Crippen LogP contribution >= 0.6 is 23.7 Å². The number of hydrogen-bond acceptors (Lipinski definition) is 4. The summed E-state index contributed by atoms with van der Waals surface area (Å²) in [6.45, 7) is 7.62. The van der Waals surface area contributed by atoms with Gasteiger partial charge in [0.1, 0.15) is 6.10 Å². The van der Waals surface area contributed by atoms with Crippen molar-refractivity contribution in [3.05, 3.63) is 22.4 Å². The van der Waals surface area contributed by atoms with Crippen molar-refractivity contribution >= 4 is 29.7 Å². The summed E-state index contributed by atoms with van der Waals surface area (Å²) in [5.41, 5.74) is 1.60. The van der Waals surface area contributed by atoms with Crippen molar-refractivity contribution in [2.24, 2.45) is 5.41 Å². The van der Waals surface area contributed by atoms with Gasteiger partial charge in [0.25, 0.3) is 5.91 Å². The molecule has 2 atom stereocenters. The smallest absolute Gasteiger partial charge is 0.251 e. The van der Waals surface area contributed by atoms with Gasteiger partial charge in [-0.1, -0.05) is 13.3 Å². The number of hydrogen-bond donors (Lipinski definition) is 1. The quantitative estimate of drug-likeness (QED) is 0.690. The van der Waals surface area contributed by atoms with Crippen LogP contribution in [0.1, 0.15) is 51.5 Å². The topological polar surface area (TPSA) is 41.6 Å². The Balaban J connectivity index is 0.00000225. The highest BCUT2D eigenvalue weighted by Gasteiger charge is 2.58. The molecule has 1 N–H and O–H groups in total. The zero-order valence-electron chi connectivity index (χ0n) is 15.3. The van der Waals surface area contributed by atoms with Gasteiger partial charge >= 0.3 is 0 Å². The summed E-state index contributed by atoms with van der Waals surface area (Å²) in [4.78, 5) is 15.2. The zero-order chi connectivity index (χ0) is 17.0. The number of halogens is 1. The van der Waals surface area contributed by atoms with Crippen LogP contribution in [0.2, 0.25) is 0 Å². The zero-order valence-corrected chi connectivity index (χ0v) is 17.0. The normalized spacial score (nSPS) is 22.2. The maximum Gasteiger partial charge on any atom is 0.251 e. The Labute approximate surface area is 161 Å². The van der Waals surface area contributed by atoms with Crippen molar-refractivity contribution in [1.29, 1.82) is 0 Å². The average molecular weight is 387 g/mol. The molecule has 1 spiro atoms. The van der Waals surface area contributed by atoms with Gasteiger partial charge in [-0.15, -0.1) is 12.4 Å². The van der Waals surface area contributed by atoms with E-state index in [1.165, 1.54) is 18.4 Å². The number of ether oxygens (including phenoxy) is 1. The predicted octanol–water partition coefficient (Wildman–Crippen LogP) is 3.85. The van der Waals surface area contributed by atoms with Crippen LogP contribution in [0.5, 0.6) is 0 Å². The van der Waals surface area contributed by atoms with Crippen LogP contribution in [0.25, 0.3) is 0 Å². The molecule has 1 aliphatic carbocycles. The van der Waals surface area contributed by atoms with E-state index in [0.29, 0.717) is 18.1 Å². The van der Waals surface area contributed by atoms with Crippen LogP contribution < -0.4 is 5.32 Å². The minimum atomic E-state index is -0.338. The summed E-state index contributed by atoms with van der Waals surface area (Å²) in [7, 11) is 0. The molecule has 0 radical (unpaired) electrons. The molecule has 1 aliphatic heterocycles. The maximum atomic E-state index is 13.1. The standard InChI is InChI=1S/C19H30N2O2S.ClH/c1-3-4-10-23-15(2)18(22)21(13-16-5-11-24-14-16)17-12-19(17)6-8-20-9-7-19;/h5,11,14-15,17,20H,3-4,6-10,12-13H2,1-2H3;1H. The van der Waals surface area contributed by atoms with Gasteiger partial charge in [0, 0.05) is 19.2 Å². The Bertz CT molecular complexity index is 532. The van der Waals surface area contributed by atoms with E-state index in [0.717, 1.165) is 38.9 Å². The predicted molar refractivity (Wildman–Crippen MR) is 105 cm³/mol. The number of nitrogens with zero attached hydrogens (tertiary/aromatic N) is 1. The molecular weight excluding hydrogens is 356 g/mol. The molecule has 1 aromatic heterocycles. The Hall–Kier alpha value is -0.620. The number of thiophene rings is 1. The highest BCUT2D eigenvalue weighted by molar-refractivity contribution is 7.07. The van der Waals surface area contributed by atoms with Gasteiger partial charge in [0.2, 0.25) is 0 Å². The number of nitrogens with one attached hydrogen (secondary N) is 1. The van der Waals surface area contributed by atoms with Gasteiger partial charge in [-0.25, -0.2) is 0 Å². The van der Waals surface area contributed by atoms with E-state index in [-0.39, 0.29) is 24.4 Å². The summed E-state index contributed by atoms with van der Waals surface area (Å²) < 4.78 is 5.80. The first-order valence-electron chi connectivity index (χ1n) is 9.30. The number of amides is 1. The van der Waals surface area contributed by atoms with E-state index in [1.54, 1.807) is 11.3 Å². The van der Waals surface area contributed by atoms with Crippen LogP contribution in [0.3, 0.4) is 0 Å². The molecule has 4 nitrogen and oxygen atoms in total. The third kappa shape index (κ3) is 4.97. The lowest BCUT2D eigenvalue weighted by atomic mass is 9.93. The van der Waals surface area contributed by atoms with E-state index in [9.17, 15) is 4.79 Å². The van der Waals surface area contributed by atoms with Gasteiger partial charge in [-0.3, -0.25) is 4.79 Å². The molecule has 25 heavy (non-hydrogen) atoms. The number of rotatable bonds is 8. The molecule has 6 heteroatoms. The molecule has 1 saturated carbocycles. The minimum absolute atomic E-state index is 0. The maximum absolute atomic E-state index is 13.1. The highest BCUT2D eigenvalue weighted by Crippen LogP contribution is 2.56. The van der Waals surface area contributed by atoms with Crippen LogP contribution in [-0.2, 0) is 16.1 Å². The lowest BCUT2D eigenvalue weighted by Gasteiger charge is -2.31. The second kappa shape index (κ2) is 9.36. The van der Waals surface area contributed by atoms with Crippen LogP contribution in [0, 0.1) is 5.41 Å². The van der Waals surface area contributed by atoms with Crippen LogP contribution in [-0.4, -0.2) is 42.6 Å². The van der Waals surface area contributed by atoms with Gasteiger partial charge in [0.05, 0.1) is 0 Å². The SMILES string of the molecule is CCCCOC(C)C(=O)N(Cc1ccsc1)C1CC12CCNCC2.Cl. The Morgan fingerprint density at radius 2 is 2.24 bits per heavy atom. The van der Waals surface area contributed by atoms with Crippen LogP contribution in [0.4, 0.5) is 0 Å². The fourth-order valence-electron chi connectivity index (χ4n) is 3.86.